The summed E-state index contributed by atoms with van der Waals surface area (Å²) in [5, 5.41) is 15.2. The quantitative estimate of drug-likeness (QED) is 0.509. The molecule has 2 rings (SSSR count). The zero-order chi connectivity index (χ0) is 23.9. The molecule has 0 bridgehead atoms. The fourth-order valence-corrected chi connectivity index (χ4v) is 2.70. The summed E-state index contributed by atoms with van der Waals surface area (Å²) in [5.74, 6) is 0.855. The van der Waals surface area contributed by atoms with Gasteiger partial charge < -0.3 is 34.7 Å². The zero-order valence-electron chi connectivity index (χ0n) is 18.9. The monoisotopic (exact) mass is 444 g/mol. The maximum Gasteiger partial charge on any atom is 0.255 e. The number of hydrogen-bond donors (Lipinski definition) is 3. The third-order valence-corrected chi connectivity index (χ3v) is 4.43. The standard InChI is InChI=1S/C23H28N2O7/c1-23(2,28)22(27)25-17-11-14(7-9-18(17)30-4)24-21(26)10-8-16-19(31-5)12-15(29-3)13-20(16)32-6/h7-13,28H,1-6H3,(H,24,26)(H,25,27). The minimum Gasteiger partial charge on any atom is -0.496 e. The molecule has 0 fully saturated rings. The largest absolute Gasteiger partial charge is 0.496 e. The van der Waals surface area contributed by atoms with E-state index in [-0.39, 0.29) is 0 Å². The second-order valence-corrected chi connectivity index (χ2v) is 7.20. The molecule has 0 atom stereocenters. The van der Waals surface area contributed by atoms with Gasteiger partial charge in [0.1, 0.15) is 28.6 Å². The molecule has 0 aliphatic rings. The van der Waals surface area contributed by atoms with E-state index in [1.165, 1.54) is 54.4 Å². The van der Waals surface area contributed by atoms with Gasteiger partial charge in [0.15, 0.2) is 0 Å². The summed E-state index contributed by atoms with van der Waals surface area (Å²) in [7, 11) is 5.99. The minimum absolute atomic E-state index is 0.305. The van der Waals surface area contributed by atoms with Crippen LogP contribution in [0.4, 0.5) is 11.4 Å². The number of nitrogens with one attached hydrogen (secondary N) is 2. The molecule has 172 valence electrons. The average molecular weight is 444 g/mol. The zero-order valence-corrected chi connectivity index (χ0v) is 18.9. The maximum absolute atomic E-state index is 12.5. The van der Waals surface area contributed by atoms with E-state index < -0.39 is 17.4 Å². The summed E-state index contributed by atoms with van der Waals surface area (Å²) in [6.07, 6.45) is 2.89. The van der Waals surface area contributed by atoms with Gasteiger partial charge in [0, 0.05) is 23.9 Å². The van der Waals surface area contributed by atoms with Gasteiger partial charge in [-0.1, -0.05) is 0 Å². The van der Waals surface area contributed by atoms with Crippen LogP contribution < -0.4 is 29.6 Å². The van der Waals surface area contributed by atoms with Crippen LogP contribution in [0, 0.1) is 0 Å². The Kier molecular flexibility index (Phi) is 8.09. The van der Waals surface area contributed by atoms with Crippen LogP contribution in [0.3, 0.4) is 0 Å². The molecule has 32 heavy (non-hydrogen) atoms. The van der Waals surface area contributed by atoms with Gasteiger partial charge in [-0.05, 0) is 38.1 Å². The highest BCUT2D eigenvalue weighted by Gasteiger charge is 2.24. The van der Waals surface area contributed by atoms with Crippen LogP contribution in [0.2, 0.25) is 0 Å². The molecule has 9 nitrogen and oxygen atoms in total. The van der Waals surface area contributed by atoms with Crippen LogP contribution in [0.15, 0.2) is 36.4 Å². The van der Waals surface area contributed by atoms with E-state index in [4.69, 9.17) is 18.9 Å². The van der Waals surface area contributed by atoms with E-state index in [2.05, 4.69) is 10.6 Å². The molecule has 2 aromatic rings. The topological polar surface area (TPSA) is 115 Å². The molecule has 0 spiro atoms. The highest BCUT2D eigenvalue weighted by Crippen LogP contribution is 2.35. The van der Waals surface area contributed by atoms with Gasteiger partial charge in [-0.2, -0.15) is 0 Å². The van der Waals surface area contributed by atoms with Gasteiger partial charge >= 0.3 is 0 Å². The van der Waals surface area contributed by atoms with Gasteiger partial charge in [0.05, 0.1) is 39.7 Å². The Hall–Kier alpha value is -3.72. The number of hydrogen-bond acceptors (Lipinski definition) is 7. The van der Waals surface area contributed by atoms with Gasteiger partial charge in [-0.25, -0.2) is 0 Å². The van der Waals surface area contributed by atoms with Gasteiger partial charge in [0.2, 0.25) is 5.91 Å². The number of anilines is 2. The Morgan fingerprint density at radius 1 is 0.875 bits per heavy atom. The number of aliphatic hydroxyl groups is 1. The van der Waals surface area contributed by atoms with Gasteiger partial charge in [0.25, 0.3) is 5.91 Å². The first-order chi connectivity index (χ1) is 15.1. The van der Waals surface area contributed by atoms with Crippen molar-refractivity contribution in [3.05, 3.63) is 42.0 Å². The van der Waals surface area contributed by atoms with Crippen LogP contribution in [0.25, 0.3) is 6.08 Å². The maximum atomic E-state index is 12.5. The van der Waals surface area contributed by atoms with Gasteiger partial charge in [-0.15, -0.1) is 0 Å². The van der Waals surface area contributed by atoms with Crippen molar-refractivity contribution < 1.29 is 33.6 Å². The molecule has 2 amide bonds. The Labute approximate surface area is 186 Å². The fraction of sp³-hybridized carbons (Fsp3) is 0.304. The summed E-state index contributed by atoms with van der Waals surface area (Å²) in [4.78, 5) is 24.6. The highest BCUT2D eigenvalue weighted by molar-refractivity contribution is 6.03. The van der Waals surface area contributed by atoms with Crippen LogP contribution in [0.1, 0.15) is 19.4 Å². The summed E-state index contributed by atoms with van der Waals surface area (Å²) < 4.78 is 21.2. The van der Waals surface area contributed by atoms with Crippen molar-refractivity contribution in [2.24, 2.45) is 0 Å². The lowest BCUT2D eigenvalue weighted by Gasteiger charge is -2.18. The van der Waals surface area contributed by atoms with Gasteiger partial charge in [-0.3, -0.25) is 9.59 Å². The molecule has 0 radical (unpaired) electrons. The molecule has 2 aromatic carbocycles. The smallest absolute Gasteiger partial charge is 0.255 e. The summed E-state index contributed by atoms with van der Waals surface area (Å²) >= 11 is 0. The van der Waals surface area contributed by atoms with Crippen LogP contribution >= 0.6 is 0 Å². The van der Waals surface area contributed by atoms with Crippen molar-refractivity contribution in [1.82, 2.24) is 0 Å². The average Bonchev–Trinajstić information content (AvgIpc) is 2.76. The normalized spacial score (nSPS) is 11.1. The molecule has 0 aromatic heterocycles. The number of benzene rings is 2. The van der Waals surface area contributed by atoms with Crippen molar-refractivity contribution in [2.75, 3.05) is 39.1 Å². The molecule has 0 unspecified atom stereocenters. The Morgan fingerprint density at radius 2 is 1.47 bits per heavy atom. The number of carbonyl (C=O) groups is 2. The molecule has 0 saturated carbocycles. The summed E-state index contributed by atoms with van der Waals surface area (Å²) in [5.41, 5.74) is -0.289. The first-order valence-electron chi connectivity index (χ1n) is 9.63. The predicted octanol–water partition coefficient (Wildman–Crippen LogP) is 3.08. The number of rotatable bonds is 9. The van der Waals surface area contributed by atoms with E-state index in [1.54, 1.807) is 30.3 Å². The van der Waals surface area contributed by atoms with Crippen molar-refractivity contribution in [2.45, 2.75) is 19.4 Å². The molecule has 0 aliphatic carbocycles. The van der Waals surface area contributed by atoms with E-state index >= 15 is 0 Å². The Bertz CT molecular complexity index is 985. The fourth-order valence-electron chi connectivity index (χ4n) is 2.70. The lowest BCUT2D eigenvalue weighted by molar-refractivity contribution is -0.130. The Balaban J connectivity index is 2.24. The van der Waals surface area contributed by atoms with Crippen molar-refractivity contribution in [3.8, 4) is 23.0 Å². The van der Waals surface area contributed by atoms with E-state index in [9.17, 15) is 14.7 Å². The van der Waals surface area contributed by atoms with E-state index in [0.29, 0.717) is 39.9 Å². The summed E-state index contributed by atoms with van der Waals surface area (Å²) in [6.45, 7) is 2.74. The third kappa shape index (κ3) is 6.14. The van der Waals surface area contributed by atoms with Crippen molar-refractivity contribution >= 4 is 29.3 Å². The molecular formula is C23H28N2O7. The van der Waals surface area contributed by atoms with Crippen LogP contribution in [-0.4, -0.2) is 51.0 Å². The lowest BCUT2D eigenvalue weighted by Crippen LogP contribution is -2.36. The number of methoxy groups -OCH3 is 4. The second kappa shape index (κ2) is 10.5. The molecule has 0 heterocycles. The third-order valence-electron chi connectivity index (χ3n) is 4.43. The van der Waals surface area contributed by atoms with E-state index in [1.807, 2.05) is 0 Å². The molecule has 9 heteroatoms. The molecule has 3 N–H and O–H groups in total. The highest BCUT2D eigenvalue weighted by atomic mass is 16.5. The number of amides is 2. The van der Waals surface area contributed by atoms with Crippen molar-refractivity contribution in [3.63, 3.8) is 0 Å². The van der Waals surface area contributed by atoms with Crippen molar-refractivity contribution in [1.29, 1.82) is 0 Å². The Morgan fingerprint density at radius 3 is 1.97 bits per heavy atom. The van der Waals surface area contributed by atoms with Crippen LogP contribution in [-0.2, 0) is 9.59 Å². The molecular weight excluding hydrogens is 416 g/mol. The number of ether oxygens (including phenoxy) is 4. The lowest BCUT2D eigenvalue weighted by atomic mass is 10.1. The minimum atomic E-state index is -1.58. The molecule has 0 aliphatic heterocycles. The molecule has 0 saturated heterocycles. The van der Waals surface area contributed by atoms with E-state index in [0.717, 1.165) is 0 Å². The SMILES string of the molecule is COc1cc(OC)c(C=CC(=O)Nc2ccc(OC)c(NC(=O)C(C)(C)O)c2)c(OC)c1. The van der Waals surface area contributed by atoms with Crippen LogP contribution in [0.5, 0.6) is 23.0 Å². The summed E-state index contributed by atoms with van der Waals surface area (Å²) in [6, 6.07) is 8.11. The predicted molar refractivity (Wildman–Crippen MR) is 122 cm³/mol. The second-order valence-electron chi connectivity index (χ2n) is 7.20. The first kappa shape index (κ1) is 24.5. The first-order valence-corrected chi connectivity index (χ1v) is 9.63. The number of carbonyl (C=O) groups excluding carboxylic acids is 2.